The van der Waals surface area contributed by atoms with Crippen LogP contribution in [0.3, 0.4) is 0 Å². The first-order chi connectivity index (χ1) is 14.6. The summed E-state index contributed by atoms with van der Waals surface area (Å²) in [6.07, 6.45) is 4.41. The van der Waals surface area contributed by atoms with Gasteiger partial charge in [0.1, 0.15) is 0 Å². The quantitative estimate of drug-likeness (QED) is 0.584. The van der Waals surface area contributed by atoms with Crippen molar-refractivity contribution in [3.05, 3.63) is 35.7 Å². The molecule has 0 spiro atoms. The summed E-state index contributed by atoms with van der Waals surface area (Å²) in [4.78, 5) is 14.8. The maximum absolute atomic E-state index is 12.8. The van der Waals surface area contributed by atoms with E-state index in [1.807, 2.05) is 24.0 Å². The van der Waals surface area contributed by atoms with Crippen LogP contribution < -0.4 is 4.31 Å². The molecule has 1 fully saturated rings. The van der Waals surface area contributed by atoms with Gasteiger partial charge in [-0.2, -0.15) is 0 Å². The van der Waals surface area contributed by atoms with E-state index in [1.165, 1.54) is 22.3 Å². The predicted octanol–water partition coefficient (Wildman–Crippen LogP) is 2.97. The van der Waals surface area contributed by atoms with Crippen LogP contribution in [-0.2, 0) is 28.4 Å². The molecule has 1 amide bonds. The monoisotopic (exact) mass is 465 g/mol. The second-order valence-electron chi connectivity index (χ2n) is 8.28. The van der Waals surface area contributed by atoms with Crippen molar-refractivity contribution in [1.82, 2.24) is 19.7 Å². The zero-order valence-corrected chi connectivity index (χ0v) is 20.4. The van der Waals surface area contributed by atoms with E-state index in [0.717, 1.165) is 24.8 Å². The zero-order valence-electron chi connectivity index (χ0n) is 18.8. The van der Waals surface area contributed by atoms with Gasteiger partial charge in [0.2, 0.25) is 15.9 Å². The van der Waals surface area contributed by atoms with Gasteiger partial charge in [0, 0.05) is 19.1 Å². The van der Waals surface area contributed by atoms with Crippen LogP contribution in [0.4, 0.5) is 5.69 Å². The van der Waals surface area contributed by atoms with E-state index in [9.17, 15) is 13.2 Å². The number of piperidine rings is 1. The molecule has 1 aromatic heterocycles. The Labute approximate surface area is 189 Å². The molecule has 2 atom stereocenters. The number of carbonyl (C=O) groups is 1. The normalized spacial score (nSPS) is 19.5. The number of benzene rings is 1. The minimum absolute atomic E-state index is 0.0695. The summed E-state index contributed by atoms with van der Waals surface area (Å²) in [5.74, 6) is 0.904. The van der Waals surface area contributed by atoms with Gasteiger partial charge in [-0.15, -0.1) is 10.2 Å². The van der Waals surface area contributed by atoms with Crippen LogP contribution >= 0.6 is 11.8 Å². The van der Waals surface area contributed by atoms with E-state index < -0.39 is 10.0 Å². The lowest BCUT2D eigenvalue weighted by atomic mass is 9.98. The fraction of sp³-hybridized carbons (Fsp3) is 0.571. The molecule has 170 valence electrons. The summed E-state index contributed by atoms with van der Waals surface area (Å²) in [6, 6.07) is 7.82. The molecule has 0 aliphatic carbocycles. The standard InChI is InChI=1S/C21H31N5O3S2/c1-15-9-11-18(12-10-15)25(31(5,28)29)13-19-22-23-21(24(19)4)30-14-20(27)26-16(2)7-6-8-17(26)3/h9-12,16-17H,6-8,13-14H2,1-5H3. The number of nitrogens with zero attached hydrogens (tertiary/aromatic N) is 5. The maximum atomic E-state index is 12.8. The number of anilines is 1. The SMILES string of the molecule is Cc1ccc(N(Cc2nnc(SCC(=O)N3C(C)CCCC3C)n2C)S(C)(=O)=O)cc1. The molecule has 1 aliphatic rings. The third kappa shape index (κ3) is 5.60. The molecule has 1 aliphatic heterocycles. The molecular weight excluding hydrogens is 434 g/mol. The number of aromatic nitrogens is 3. The Balaban J connectivity index is 1.71. The van der Waals surface area contributed by atoms with Gasteiger partial charge in [-0.05, 0) is 52.2 Å². The fourth-order valence-electron chi connectivity index (χ4n) is 3.96. The van der Waals surface area contributed by atoms with Crippen LogP contribution in [0.1, 0.15) is 44.5 Å². The highest BCUT2D eigenvalue weighted by molar-refractivity contribution is 7.99. The molecule has 3 rings (SSSR count). The summed E-state index contributed by atoms with van der Waals surface area (Å²) in [5.41, 5.74) is 1.63. The number of rotatable bonds is 7. The summed E-state index contributed by atoms with van der Waals surface area (Å²) in [5, 5.41) is 8.99. The predicted molar refractivity (Wildman–Crippen MR) is 124 cm³/mol. The van der Waals surface area contributed by atoms with E-state index in [2.05, 4.69) is 24.0 Å². The van der Waals surface area contributed by atoms with Crippen LogP contribution in [-0.4, -0.2) is 58.1 Å². The van der Waals surface area contributed by atoms with E-state index >= 15 is 0 Å². The lowest BCUT2D eigenvalue weighted by Crippen LogP contribution is -2.48. The van der Waals surface area contributed by atoms with Crippen molar-refractivity contribution in [3.8, 4) is 0 Å². The molecule has 0 saturated carbocycles. The molecule has 2 unspecified atom stereocenters. The number of thioether (sulfide) groups is 1. The highest BCUT2D eigenvalue weighted by atomic mass is 32.2. The van der Waals surface area contributed by atoms with Gasteiger partial charge < -0.3 is 9.47 Å². The van der Waals surface area contributed by atoms with E-state index in [1.54, 1.807) is 23.7 Å². The van der Waals surface area contributed by atoms with Gasteiger partial charge in [-0.1, -0.05) is 29.5 Å². The van der Waals surface area contributed by atoms with Crippen LogP contribution in [0.5, 0.6) is 0 Å². The smallest absolute Gasteiger partial charge is 0.233 e. The van der Waals surface area contributed by atoms with Crippen molar-refractivity contribution in [1.29, 1.82) is 0 Å². The van der Waals surface area contributed by atoms with Crippen LogP contribution in [0.15, 0.2) is 29.4 Å². The largest absolute Gasteiger partial charge is 0.337 e. The lowest BCUT2D eigenvalue weighted by Gasteiger charge is -2.39. The molecule has 2 aromatic rings. The highest BCUT2D eigenvalue weighted by Crippen LogP contribution is 2.26. The lowest BCUT2D eigenvalue weighted by molar-refractivity contribution is -0.134. The first-order valence-electron chi connectivity index (χ1n) is 10.4. The summed E-state index contributed by atoms with van der Waals surface area (Å²) >= 11 is 1.34. The number of hydrogen-bond acceptors (Lipinski definition) is 6. The van der Waals surface area contributed by atoms with Gasteiger partial charge in [0.05, 0.1) is 24.2 Å². The first kappa shape index (κ1) is 23.6. The Morgan fingerprint density at radius 3 is 2.35 bits per heavy atom. The fourth-order valence-corrected chi connectivity index (χ4v) is 5.62. The number of amides is 1. The van der Waals surface area contributed by atoms with E-state index in [0.29, 0.717) is 16.7 Å². The minimum Gasteiger partial charge on any atom is -0.337 e. The highest BCUT2D eigenvalue weighted by Gasteiger charge is 2.29. The Hall–Kier alpha value is -2.07. The van der Waals surface area contributed by atoms with Gasteiger partial charge in [0.25, 0.3) is 0 Å². The topological polar surface area (TPSA) is 88.4 Å². The van der Waals surface area contributed by atoms with Crippen molar-refractivity contribution in [2.45, 2.75) is 63.8 Å². The third-order valence-corrected chi connectivity index (χ3v) is 7.88. The van der Waals surface area contributed by atoms with Gasteiger partial charge >= 0.3 is 0 Å². The number of sulfonamides is 1. The second-order valence-corrected chi connectivity index (χ2v) is 11.1. The number of hydrogen-bond donors (Lipinski definition) is 0. The average molecular weight is 466 g/mol. The number of carbonyl (C=O) groups excluding carboxylic acids is 1. The summed E-state index contributed by atoms with van der Waals surface area (Å²) in [6.45, 7) is 6.22. The molecule has 31 heavy (non-hydrogen) atoms. The maximum Gasteiger partial charge on any atom is 0.233 e. The summed E-state index contributed by atoms with van der Waals surface area (Å²) < 4.78 is 27.9. The molecular formula is C21H31N5O3S2. The van der Waals surface area contributed by atoms with Crippen LogP contribution in [0.25, 0.3) is 0 Å². The summed E-state index contributed by atoms with van der Waals surface area (Å²) in [7, 11) is -1.71. The molecule has 1 saturated heterocycles. The molecule has 2 heterocycles. The van der Waals surface area contributed by atoms with E-state index in [4.69, 9.17) is 0 Å². The van der Waals surface area contributed by atoms with Crippen molar-refractivity contribution >= 4 is 33.4 Å². The second kappa shape index (κ2) is 9.60. The molecule has 10 heteroatoms. The third-order valence-electron chi connectivity index (χ3n) is 5.74. The number of aryl methyl sites for hydroxylation is 1. The van der Waals surface area contributed by atoms with Gasteiger partial charge in [-0.25, -0.2) is 8.42 Å². The molecule has 8 nitrogen and oxygen atoms in total. The number of likely N-dealkylation sites (tertiary alicyclic amines) is 1. The van der Waals surface area contributed by atoms with Gasteiger partial charge in [-0.3, -0.25) is 9.10 Å². The Kier molecular flexibility index (Phi) is 7.31. The minimum atomic E-state index is -3.50. The zero-order chi connectivity index (χ0) is 22.8. The molecule has 0 N–H and O–H groups in total. The van der Waals surface area contributed by atoms with Crippen molar-refractivity contribution in [2.24, 2.45) is 7.05 Å². The molecule has 0 bridgehead atoms. The Morgan fingerprint density at radius 2 is 1.77 bits per heavy atom. The Bertz CT molecular complexity index is 1010. The van der Waals surface area contributed by atoms with E-state index in [-0.39, 0.29) is 30.3 Å². The Morgan fingerprint density at radius 1 is 1.16 bits per heavy atom. The van der Waals surface area contributed by atoms with Gasteiger partial charge in [0.15, 0.2) is 11.0 Å². The van der Waals surface area contributed by atoms with Crippen LogP contribution in [0.2, 0.25) is 0 Å². The van der Waals surface area contributed by atoms with Crippen molar-refractivity contribution < 1.29 is 13.2 Å². The van der Waals surface area contributed by atoms with Crippen LogP contribution in [0, 0.1) is 6.92 Å². The molecule has 1 aromatic carbocycles. The molecule has 0 radical (unpaired) electrons. The average Bonchev–Trinajstić information content (AvgIpc) is 3.04. The van der Waals surface area contributed by atoms with Crippen molar-refractivity contribution in [3.63, 3.8) is 0 Å². The van der Waals surface area contributed by atoms with Crippen molar-refractivity contribution in [2.75, 3.05) is 16.3 Å². The first-order valence-corrected chi connectivity index (χ1v) is 13.3.